The van der Waals surface area contributed by atoms with Crippen LogP contribution in [0.2, 0.25) is 0 Å². The molecule has 0 amide bonds. The lowest BCUT2D eigenvalue weighted by atomic mass is 10.1. The van der Waals surface area contributed by atoms with E-state index in [1.807, 2.05) is 30.3 Å². The Morgan fingerprint density at radius 1 is 1.31 bits per heavy atom. The van der Waals surface area contributed by atoms with Crippen LogP contribution in [0.1, 0.15) is 21.0 Å². The van der Waals surface area contributed by atoms with Gasteiger partial charge in [-0.1, -0.05) is 41.7 Å². The molecule has 0 bridgehead atoms. The molecule has 0 aliphatic carbocycles. The Bertz CT molecular complexity index is 446. The van der Waals surface area contributed by atoms with Gasteiger partial charge >= 0.3 is 0 Å². The van der Waals surface area contributed by atoms with Gasteiger partial charge in [0.25, 0.3) is 0 Å². The molecule has 0 radical (unpaired) electrons. The van der Waals surface area contributed by atoms with Crippen molar-refractivity contribution in [3.05, 3.63) is 45.9 Å². The molecule has 0 aliphatic heterocycles. The van der Waals surface area contributed by atoms with Crippen LogP contribution in [-0.2, 0) is 11.3 Å². The van der Waals surface area contributed by atoms with Gasteiger partial charge < -0.3 is 4.74 Å². The minimum Gasteiger partial charge on any atom is -0.377 e. The van der Waals surface area contributed by atoms with E-state index in [1.54, 1.807) is 7.11 Å². The zero-order chi connectivity index (χ0) is 11.4. The van der Waals surface area contributed by atoms with Crippen molar-refractivity contribution >= 4 is 22.9 Å². The Balaban J connectivity index is 2.17. The van der Waals surface area contributed by atoms with Crippen LogP contribution in [0.5, 0.6) is 0 Å². The molecule has 0 N–H and O–H groups in total. The Hall–Kier alpha value is -0.970. The maximum atomic E-state index is 6.31. The van der Waals surface area contributed by atoms with Crippen molar-refractivity contribution in [2.45, 2.75) is 12.0 Å². The quantitative estimate of drug-likeness (QED) is 0.787. The van der Waals surface area contributed by atoms with E-state index in [4.69, 9.17) is 16.3 Å². The highest BCUT2D eigenvalue weighted by Crippen LogP contribution is 2.30. The van der Waals surface area contributed by atoms with E-state index in [0.717, 1.165) is 15.6 Å². The summed E-state index contributed by atoms with van der Waals surface area (Å²) in [5.74, 6) is 0. The van der Waals surface area contributed by atoms with E-state index in [9.17, 15) is 0 Å². The van der Waals surface area contributed by atoms with Crippen LogP contribution in [-0.4, -0.2) is 17.3 Å². The number of ether oxygens (including phenoxy) is 1. The topological polar surface area (TPSA) is 35.0 Å². The average Bonchev–Trinajstić information content (AvgIpc) is 2.78. The van der Waals surface area contributed by atoms with Crippen molar-refractivity contribution in [1.29, 1.82) is 0 Å². The van der Waals surface area contributed by atoms with E-state index >= 15 is 0 Å². The predicted molar refractivity (Wildman–Crippen MR) is 64.8 cm³/mol. The second-order valence-electron chi connectivity index (χ2n) is 3.24. The lowest BCUT2D eigenvalue weighted by Crippen LogP contribution is -1.91. The lowest BCUT2D eigenvalue weighted by Gasteiger charge is -2.04. The molecule has 16 heavy (non-hydrogen) atoms. The zero-order valence-electron chi connectivity index (χ0n) is 8.76. The smallest absolute Gasteiger partial charge is 0.143 e. The Kier molecular flexibility index (Phi) is 3.88. The normalized spacial score (nSPS) is 12.6. The third kappa shape index (κ3) is 2.58. The first-order chi connectivity index (χ1) is 7.81. The second-order valence-corrected chi connectivity index (χ2v) is 4.77. The fourth-order valence-electron chi connectivity index (χ4n) is 1.32. The highest BCUT2D eigenvalue weighted by Gasteiger charge is 2.15. The molecule has 0 fully saturated rings. The molecule has 5 heteroatoms. The summed E-state index contributed by atoms with van der Waals surface area (Å²) in [6.45, 7) is 0.482. The van der Waals surface area contributed by atoms with Crippen molar-refractivity contribution < 1.29 is 4.74 Å². The van der Waals surface area contributed by atoms with Crippen LogP contribution in [0.3, 0.4) is 0 Å². The summed E-state index contributed by atoms with van der Waals surface area (Å²) < 4.78 is 4.99. The third-order valence-electron chi connectivity index (χ3n) is 2.06. The van der Waals surface area contributed by atoms with Crippen LogP contribution >= 0.6 is 22.9 Å². The van der Waals surface area contributed by atoms with E-state index in [2.05, 4.69) is 10.2 Å². The SMILES string of the molecule is COCc1nnc(C(Cl)c2ccccc2)s1. The summed E-state index contributed by atoms with van der Waals surface area (Å²) in [7, 11) is 1.64. The van der Waals surface area contributed by atoms with Crippen LogP contribution in [0.15, 0.2) is 30.3 Å². The summed E-state index contributed by atoms with van der Waals surface area (Å²) in [5.41, 5.74) is 1.03. The number of hydrogen-bond acceptors (Lipinski definition) is 4. The van der Waals surface area contributed by atoms with Crippen LogP contribution in [0, 0.1) is 0 Å². The first kappa shape index (κ1) is 11.5. The van der Waals surface area contributed by atoms with Gasteiger partial charge in [-0.25, -0.2) is 0 Å². The fourth-order valence-corrected chi connectivity index (χ4v) is 2.46. The third-order valence-corrected chi connectivity index (χ3v) is 3.61. The minimum atomic E-state index is -0.232. The van der Waals surface area contributed by atoms with Gasteiger partial charge in [0, 0.05) is 7.11 Å². The molecule has 1 heterocycles. The molecule has 84 valence electrons. The summed E-state index contributed by atoms with van der Waals surface area (Å²) in [6.07, 6.45) is 0. The van der Waals surface area contributed by atoms with Gasteiger partial charge in [-0.15, -0.1) is 21.8 Å². The summed E-state index contributed by atoms with van der Waals surface area (Å²) in [4.78, 5) is 0. The molecule has 1 unspecified atom stereocenters. The number of aromatic nitrogens is 2. The molecule has 1 atom stereocenters. The average molecular weight is 255 g/mol. The molecular formula is C11H11ClN2OS. The summed E-state index contributed by atoms with van der Waals surface area (Å²) >= 11 is 7.79. The van der Waals surface area contributed by atoms with Gasteiger partial charge in [0.1, 0.15) is 15.4 Å². The summed E-state index contributed by atoms with van der Waals surface area (Å²) in [5, 5.41) is 9.50. The number of alkyl halides is 1. The largest absolute Gasteiger partial charge is 0.377 e. The van der Waals surface area contributed by atoms with Crippen molar-refractivity contribution in [3.8, 4) is 0 Å². The molecule has 1 aromatic carbocycles. The first-order valence-electron chi connectivity index (χ1n) is 4.81. The van der Waals surface area contributed by atoms with E-state index in [0.29, 0.717) is 6.61 Å². The zero-order valence-corrected chi connectivity index (χ0v) is 10.3. The fraction of sp³-hybridized carbons (Fsp3) is 0.273. The molecule has 0 aliphatic rings. The number of methoxy groups -OCH3 is 1. The molecule has 2 aromatic rings. The maximum absolute atomic E-state index is 6.31. The molecule has 3 nitrogen and oxygen atoms in total. The molecule has 1 aromatic heterocycles. The Morgan fingerprint density at radius 3 is 2.75 bits per heavy atom. The number of benzene rings is 1. The Labute approximate surface area is 103 Å². The molecule has 0 spiro atoms. The predicted octanol–water partition coefficient (Wildman–Crippen LogP) is 3.01. The van der Waals surface area contributed by atoms with Crippen molar-refractivity contribution in [2.24, 2.45) is 0 Å². The second kappa shape index (κ2) is 5.39. The lowest BCUT2D eigenvalue weighted by molar-refractivity contribution is 0.184. The van der Waals surface area contributed by atoms with Gasteiger partial charge in [0.15, 0.2) is 0 Å². The molecule has 0 saturated heterocycles. The van der Waals surface area contributed by atoms with Gasteiger partial charge in [0.2, 0.25) is 0 Å². The van der Waals surface area contributed by atoms with Gasteiger partial charge in [-0.2, -0.15) is 0 Å². The molecule has 0 saturated carbocycles. The number of rotatable bonds is 4. The van der Waals surface area contributed by atoms with Gasteiger partial charge in [-0.3, -0.25) is 0 Å². The standard InChI is InChI=1S/C11H11ClN2OS/c1-15-7-9-13-14-11(16-9)10(12)8-5-3-2-4-6-8/h2-6,10H,7H2,1H3. The highest BCUT2D eigenvalue weighted by molar-refractivity contribution is 7.11. The number of hydrogen-bond donors (Lipinski definition) is 0. The van der Waals surface area contributed by atoms with Gasteiger partial charge in [0.05, 0.1) is 6.61 Å². The molecular weight excluding hydrogens is 244 g/mol. The highest BCUT2D eigenvalue weighted by atomic mass is 35.5. The van der Waals surface area contributed by atoms with Crippen molar-refractivity contribution in [1.82, 2.24) is 10.2 Å². The van der Waals surface area contributed by atoms with Crippen LogP contribution in [0.4, 0.5) is 0 Å². The number of halogens is 1. The van der Waals surface area contributed by atoms with Crippen molar-refractivity contribution in [2.75, 3.05) is 7.11 Å². The minimum absolute atomic E-state index is 0.232. The van der Waals surface area contributed by atoms with E-state index in [1.165, 1.54) is 11.3 Å². The monoisotopic (exact) mass is 254 g/mol. The van der Waals surface area contributed by atoms with Crippen molar-refractivity contribution in [3.63, 3.8) is 0 Å². The van der Waals surface area contributed by atoms with E-state index < -0.39 is 0 Å². The maximum Gasteiger partial charge on any atom is 0.143 e. The van der Waals surface area contributed by atoms with Crippen LogP contribution in [0.25, 0.3) is 0 Å². The van der Waals surface area contributed by atoms with Crippen LogP contribution < -0.4 is 0 Å². The first-order valence-corrected chi connectivity index (χ1v) is 6.07. The van der Waals surface area contributed by atoms with Gasteiger partial charge in [-0.05, 0) is 5.56 Å². The molecule has 2 rings (SSSR count). The summed E-state index contributed by atoms with van der Waals surface area (Å²) in [6, 6.07) is 9.84. The number of nitrogens with zero attached hydrogens (tertiary/aromatic N) is 2. The Morgan fingerprint density at radius 2 is 2.06 bits per heavy atom. The van der Waals surface area contributed by atoms with E-state index in [-0.39, 0.29) is 5.38 Å².